The van der Waals surface area contributed by atoms with E-state index >= 15 is 0 Å². The van der Waals surface area contributed by atoms with E-state index in [-0.39, 0.29) is 30.0 Å². The van der Waals surface area contributed by atoms with Crippen LogP contribution >= 0.6 is 0 Å². The molecule has 3 saturated heterocycles. The lowest BCUT2D eigenvalue weighted by atomic mass is 9.71. The molecule has 3 aliphatic heterocycles. The molecule has 0 bridgehead atoms. The highest BCUT2D eigenvalue weighted by molar-refractivity contribution is 6.08. The second-order valence-electron chi connectivity index (χ2n) is 7.24. The molecule has 8 heteroatoms. The van der Waals surface area contributed by atoms with Gasteiger partial charge >= 0.3 is 0 Å². The Bertz CT molecular complexity index is 642. The average molecular weight is 335 g/mol. The predicted molar refractivity (Wildman–Crippen MR) is 80.0 cm³/mol. The van der Waals surface area contributed by atoms with E-state index in [0.29, 0.717) is 12.8 Å². The van der Waals surface area contributed by atoms with E-state index in [1.807, 2.05) is 0 Å². The first-order valence-electron chi connectivity index (χ1n) is 8.46. The van der Waals surface area contributed by atoms with Gasteiger partial charge in [-0.2, -0.15) is 5.06 Å². The van der Waals surface area contributed by atoms with Crippen LogP contribution in [0.4, 0.5) is 0 Å². The number of amides is 4. The molecule has 24 heavy (non-hydrogen) atoms. The molecule has 8 nitrogen and oxygen atoms in total. The van der Waals surface area contributed by atoms with Gasteiger partial charge in [-0.3, -0.25) is 33.8 Å². The molecule has 130 valence electrons. The molecule has 0 radical (unpaired) electrons. The summed E-state index contributed by atoms with van der Waals surface area (Å²) in [6.45, 7) is 0. The zero-order valence-corrected chi connectivity index (χ0v) is 13.9. The normalized spacial score (nSPS) is 36.3. The molecule has 1 unspecified atom stereocenters. The zero-order valence-electron chi connectivity index (χ0n) is 13.9. The minimum atomic E-state index is -0.866. The van der Waals surface area contributed by atoms with Crippen LogP contribution in [0, 0.1) is 5.92 Å². The molecule has 4 fully saturated rings. The summed E-state index contributed by atoms with van der Waals surface area (Å²) in [6, 6.07) is -0.739. The standard InChI is InChI=1S/C16H21N3O5/c1-17-10(20)8-9(13(17)21)19-16(6-4-3-5-7-16)11-12(24-19)15(23)18(2)14(11)22/h9,11-12H,3-8H2,1-2H3/t9?,11-,12+/m1/s1. The van der Waals surface area contributed by atoms with Crippen molar-refractivity contribution in [2.24, 2.45) is 5.92 Å². The fourth-order valence-corrected chi connectivity index (χ4v) is 4.76. The smallest absolute Gasteiger partial charge is 0.261 e. The maximum absolute atomic E-state index is 12.7. The van der Waals surface area contributed by atoms with Gasteiger partial charge in [-0.15, -0.1) is 0 Å². The molecule has 0 aromatic carbocycles. The van der Waals surface area contributed by atoms with E-state index in [1.165, 1.54) is 14.1 Å². The minimum Gasteiger partial charge on any atom is -0.284 e. The molecular weight excluding hydrogens is 314 g/mol. The van der Waals surface area contributed by atoms with Crippen LogP contribution < -0.4 is 0 Å². The van der Waals surface area contributed by atoms with Crippen LogP contribution in [0.3, 0.4) is 0 Å². The van der Waals surface area contributed by atoms with Gasteiger partial charge in [0.1, 0.15) is 6.04 Å². The maximum Gasteiger partial charge on any atom is 0.261 e. The van der Waals surface area contributed by atoms with Crippen molar-refractivity contribution in [3.05, 3.63) is 0 Å². The van der Waals surface area contributed by atoms with E-state index in [4.69, 9.17) is 4.84 Å². The zero-order chi connectivity index (χ0) is 17.2. The SMILES string of the molecule is CN1C(=O)CC(N2O[C@@H]3C(=O)N(C)C(=O)[C@@H]3C23CCCCC3)C1=O. The van der Waals surface area contributed by atoms with Gasteiger partial charge in [0.25, 0.3) is 5.91 Å². The van der Waals surface area contributed by atoms with Crippen molar-refractivity contribution in [3.63, 3.8) is 0 Å². The molecule has 1 saturated carbocycles. The van der Waals surface area contributed by atoms with Crippen LogP contribution in [0.2, 0.25) is 0 Å². The summed E-state index contributed by atoms with van der Waals surface area (Å²) in [5, 5.41) is 1.56. The van der Waals surface area contributed by atoms with Gasteiger partial charge in [0.05, 0.1) is 17.9 Å². The Morgan fingerprint density at radius 2 is 1.58 bits per heavy atom. The molecule has 4 rings (SSSR count). The number of fused-ring (bicyclic) bond motifs is 2. The Balaban J connectivity index is 1.75. The fraction of sp³-hybridized carbons (Fsp3) is 0.750. The first-order chi connectivity index (χ1) is 11.4. The number of rotatable bonds is 1. The van der Waals surface area contributed by atoms with Gasteiger partial charge in [0.15, 0.2) is 6.10 Å². The number of hydrogen-bond donors (Lipinski definition) is 0. The first kappa shape index (κ1) is 15.7. The van der Waals surface area contributed by atoms with E-state index in [0.717, 1.165) is 29.1 Å². The highest BCUT2D eigenvalue weighted by Gasteiger charge is 2.68. The third-order valence-corrected chi connectivity index (χ3v) is 6.08. The Morgan fingerprint density at radius 1 is 0.917 bits per heavy atom. The van der Waals surface area contributed by atoms with Crippen molar-refractivity contribution in [3.8, 4) is 0 Å². The lowest BCUT2D eigenvalue weighted by Crippen LogP contribution is -2.57. The molecule has 1 spiro atoms. The summed E-state index contributed by atoms with van der Waals surface area (Å²) in [7, 11) is 2.93. The predicted octanol–water partition coefficient (Wildman–Crippen LogP) is -0.323. The number of likely N-dealkylation sites (tertiary alicyclic amines) is 2. The van der Waals surface area contributed by atoms with Crippen LogP contribution in [0.15, 0.2) is 0 Å². The summed E-state index contributed by atoms with van der Waals surface area (Å²) in [5.41, 5.74) is -0.661. The molecule has 1 aliphatic carbocycles. The molecule has 4 aliphatic rings. The van der Waals surface area contributed by atoms with Crippen LogP contribution in [0.1, 0.15) is 38.5 Å². The maximum atomic E-state index is 12.7. The molecule has 0 aromatic rings. The Morgan fingerprint density at radius 3 is 2.17 bits per heavy atom. The summed E-state index contributed by atoms with van der Waals surface area (Å²) in [4.78, 5) is 57.6. The minimum absolute atomic E-state index is 0.0365. The topological polar surface area (TPSA) is 87.2 Å². The van der Waals surface area contributed by atoms with Crippen molar-refractivity contribution in [2.75, 3.05) is 14.1 Å². The molecular formula is C16H21N3O5. The second kappa shape index (κ2) is 5.10. The number of hydrogen-bond acceptors (Lipinski definition) is 6. The van der Waals surface area contributed by atoms with E-state index < -0.39 is 23.6 Å². The quantitative estimate of drug-likeness (QED) is 0.610. The van der Waals surface area contributed by atoms with Crippen LogP contribution in [-0.4, -0.2) is 70.3 Å². The number of carbonyl (C=O) groups excluding carboxylic acids is 4. The Kier molecular flexibility index (Phi) is 3.34. The monoisotopic (exact) mass is 335 g/mol. The van der Waals surface area contributed by atoms with Crippen molar-refractivity contribution in [2.45, 2.75) is 56.2 Å². The lowest BCUT2D eigenvalue weighted by Gasteiger charge is -2.43. The number of nitrogens with zero attached hydrogens (tertiary/aromatic N) is 3. The Labute approximate surface area is 139 Å². The van der Waals surface area contributed by atoms with Gasteiger partial charge in [-0.05, 0) is 12.8 Å². The van der Waals surface area contributed by atoms with Crippen molar-refractivity contribution in [1.29, 1.82) is 0 Å². The number of imide groups is 2. The van der Waals surface area contributed by atoms with Crippen LogP contribution in [-0.2, 0) is 24.0 Å². The molecule has 0 aromatic heterocycles. The molecule has 0 N–H and O–H groups in total. The lowest BCUT2D eigenvalue weighted by molar-refractivity contribution is -0.220. The van der Waals surface area contributed by atoms with Gasteiger partial charge in [0.2, 0.25) is 17.7 Å². The number of likely N-dealkylation sites (N-methyl/N-ethyl adjacent to an activating group) is 2. The fourth-order valence-electron chi connectivity index (χ4n) is 4.76. The highest BCUT2D eigenvalue weighted by Crippen LogP contribution is 2.51. The van der Waals surface area contributed by atoms with E-state index in [9.17, 15) is 19.2 Å². The number of carbonyl (C=O) groups is 4. The molecule has 3 atom stereocenters. The van der Waals surface area contributed by atoms with Crippen molar-refractivity contribution < 1.29 is 24.0 Å². The van der Waals surface area contributed by atoms with Crippen LogP contribution in [0.25, 0.3) is 0 Å². The van der Waals surface area contributed by atoms with E-state index in [1.54, 1.807) is 5.06 Å². The van der Waals surface area contributed by atoms with Crippen molar-refractivity contribution >= 4 is 23.6 Å². The number of hydroxylamine groups is 2. The van der Waals surface area contributed by atoms with Crippen molar-refractivity contribution in [1.82, 2.24) is 14.9 Å². The summed E-state index contributed by atoms with van der Waals surface area (Å²) >= 11 is 0. The summed E-state index contributed by atoms with van der Waals surface area (Å²) in [6.07, 6.45) is 3.45. The Hall–Kier alpha value is -1.80. The molecule has 4 amide bonds. The first-order valence-corrected chi connectivity index (χ1v) is 8.46. The average Bonchev–Trinajstić information content (AvgIpc) is 3.10. The second-order valence-corrected chi connectivity index (χ2v) is 7.24. The summed E-state index contributed by atoms with van der Waals surface area (Å²) in [5.74, 6) is -1.75. The van der Waals surface area contributed by atoms with Gasteiger partial charge in [-0.25, -0.2) is 0 Å². The third-order valence-electron chi connectivity index (χ3n) is 6.08. The van der Waals surface area contributed by atoms with Gasteiger partial charge in [-0.1, -0.05) is 19.3 Å². The molecule has 3 heterocycles. The van der Waals surface area contributed by atoms with Crippen LogP contribution in [0.5, 0.6) is 0 Å². The largest absolute Gasteiger partial charge is 0.284 e. The van der Waals surface area contributed by atoms with E-state index in [2.05, 4.69) is 0 Å². The highest BCUT2D eigenvalue weighted by atomic mass is 16.7. The van der Waals surface area contributed by atoms with Gasteiger partial charge < -0.3 is 0 Å². The van der Waals surface area contributed by atoms with Gasteiger partial charge in [0, 0.05) is 14.1 Å². The summed E-state index contributed by atoms with van der Waals surface area (Å²) < 4.78 is 0. The third kappa shape index (κ3) is 1.81.